The van der Waals surface area contributed by atoms with E-state index in [-0.39, 0.29) is 5.89 Å². The number of anilines is 4. The zero-order chi connectivity index (χ0) is 28.6. The minimum absolute atomic E-state index is 0.231. The van der Waals surface area contributed by atoms with Crippen LogP contribution >= 0.6 is 0 Å². The summed E-state index contributed by atoms with van der Waals surface area (Å²) in [4.78, 5) is 29.6. The van der Waals surface area contributed by atoms with Gasteiger partial charge in [0.25, 0.3) is 5.91 Å². The Hall–Kier alpha value is -4.46. The number of nitrogens with one attached hydrogen (secondary N) is 3. The molecule has 0 unspecified atom stereocenters. The highest BCUT2D eigenvalue weighted by Crippen LogP contribution is 2.39. The minimum Gasteiger partial charge on any atom is -0.436 e. The van der Waals surface area contributed by atoms with E-state index >= 15 is 0 Å². The van der Waals surface area contributed by atoms with Crippen LogP contribution in [0.1, 0.15) is 52.2 Å². The number of halogens is 3. The number of carbonyl (C=O) groups excluding carboxylic acids is 1. The Morgan fingerprint density at radius 2 is 1.83 bits per heavy atom. The van der Waals surface area contributed by atoms with Gasteiger partial charge in [-0.05, 0) is 36.6 Å². The highest BCUT2D eigenvalue weighted by molar-refractivity contribution is 6.03. The van der Waals surface area contributed by atoms with E-state index in [0.29, 0.717) is 29.9 Å². The van der Waals surface area contributed by atoms with Crippen molar-refractivity contribution in [1.82, 2.24) is 30.0 Å². The number of benzene rings is 1. The number of hydrogen-bond acceptors (Lipinski definition) is 9. The maximum atomic E-state index is 13.1. The molecule has 2 aliphatic rings. The van der Waals surface area contributed by atoms with Crippen LogP contribution in [0.3, 0.4) is 0 Å². The van der Waals surface area contributed by atoms with Crippen molar-refractivity contribution in [3.63, 3.8) is 0 Å². The summed E-state index contributed by atoms with van der Waals surface area (Å²) in [5, 5.41) is 13.1. The molecule has 0 bridgehead atoms. The summed E-state index contributed by atoms with van der Waals surface area (Å²) in [5.74, 6) is 0.0642. The van der Waals surface area contributed by atoms with Gasteiger partial charge in [-0.2, -0.15) is 23.3 Å². The first-order valence-electron chi connectivity index (χ1n) is 13.3. The number of rotatable bonds is 8. The number of aryl methyl sites for hydroxylation is 1. The van der Waals surface area contributed by atoms with Gasteiger partial charge < -0.3 is 20.0 Å². The maximum absolute atomic E-state index is 13.1. The number of piperazine rings is 1. The van der Waals surface area contributed by atoms with Crippen LogP contribution in [0.2, 0.25) is 0 Å². The van der Waals surface area contributed by atoms with Crippen molar-refractivity contribution in [3.05, 3.63) is 71.2 Å². The van der Waals surface area contributed by atoms with Crippen molar-refractivity contribution in [2.75, 3.05) is 41.7 Å². The van der Waals surface area contributed by atoms with Crippen LogP contribution in [-0.2, 0) is 12.7 Å². The molecule has 1 aromatic carbocycles. The lowest BCUT2D eigenvalue weighted by molar-refractivity contribution is -0.153. The first-order valence-corrected chi connectivity index (χ1v) is 13.3. The zero-order valence-corrected chi connectivity index (χ0v) is 22.2. The molecule has 41 heavy (non-hydrogen) atoms. The Kier molecular flexibility index (Phi) is 7.07. The topological polar surface area (TPSA) is 128 Å². The fraction of sp³-hybridized carbons (Fsp3) is 0.370. The Labute approximate surface area is 233 Å². The van der Waals surface area contributed by atoms with Crippen LogP contribution in [0.4, 0.5) is 36.4 Å². The molecule has 2 fully saturated rings. The van der Waals surface area contributed by atoms with E-state index in [1.165, 1.54) is 19.8 Å². The molecule has 214 valence electrons. The lowest BCUT2D eigenvalue weighted by Gasteiger charge is -2.34. The van der Waals surface area contributed by atoms with Gasteiger partial charge in [0.2, 0.25) is 11.7 Å². The molecule has 3 aromatic heterocycles. The number of H-pyrrole nitrogens is 1. The summed E-state index contributed by atoms with van der Waals surface area (Å²) in [6.45, 7) is 5.06. The smallest absolute Gasteiger partial charge is 0.436 e. The van der Waals surface area contributed by atoms with E-state index in [9.17, 15) is 18.0 Å². The average Bonchev–Trinajstić information content (AvgIpc) is 3.56. The molecular weight excluding hydrogens is 539 g/mol. The summed E-state index contributed by atoms with van der Waals surface area (Å²) < 4.78 is 44.0. The molecule has 4 aromatic rings. The summed E-state index contributed by atoms with van der Waals surface area (Å²) in [5.41, 5.74) is 1.74. The molecule has 1 aliphatic carbocycles. The van der Waals surface area contributed by atoms with Crippen LogP contribution in [0.15, 0.2) is 47.0 Å². The second-order valence-electron chi connectivity index (χ2n) is 10.2. The van der Waals surface area contributed by atoms with E-state index in [0.717, 1.165) is 43.3 Å². The Balaban J connectivity index is 1.00. The van der Waals surface area contributed by atoms with Gasteiger partial charge in [0.1, 0.15) is 5.82 Å². The molecular formula is C27H28F3N9O2. The Morgan fingerprint density at radius 3 is 2.54 bits per heavy atom. The number of hydrogen-bond donors (Lipinski definition) is 3. The lowest BCUT2D eigenvalue weighted by Crippen LogP contribution is -2.46. The van der Waals surface area contributed by atoms with Gasteiger partial charge in [-0.15, -0.1) is 0 Å². The van der Waals surface area contributed by atoms with Crippen molar-refractivity contribution < 1.29 is 22.4 Å². The fourth-order valence-electron chi connectivity index (χ4n) is 4.73. The van der Waals surface area contributed by atoms with Gasteiger partial charge >= 0.3 is 6.18 Å². The standard InChI is InChI=1S/C27H28F3N9O2/c1-16-32-23(24(41-16)27(28,29)30)25(40)33-19-6-2-17(3-7-19)15-38-10-12-39(13-11-38)26-31-9-8-21(35-26)34-22-14-20(36-37-22)18-4-5-18/h2-3,6-9,14,18H,4-5,10-13,15H2,1H3,(H,33,40)(H2,31,34,35,36,37). The number of alkyl halides is 3. The van der Waals surface area contributed by atoms with Crippen molar-refractivity contribution in [1.29, 1.82) is 0 Å². The summed E-state index contributed by atoms with van der Waals surface area (Å²) in [6, 6.07) is 10.8. The van der Waals surface area contributed by atoms with Crippen molar-refractivity contribution >= 4 is 29.2 Å². The van der Waals surface area contributed by atoms with E-state index in [2.05, 4.69) is 50.0 Å². The van der Waals surface area contributed by atoms with E-state index in [1.54, 1.807) is 18.3 Å². The van der Waals surface area contributed by atoms with Gasteiger partial charge in [-0.3, -0.25) is 14.8 Å². The van der Waals surface area contributed by atoms with Crippen LogP contribution in [0.25, 0.3) is 0 Å². The Morgan fingerprint density at radius 1 is 1.07 bits per heavy atom. The van der Waals surface area contributed by atoms with E-state index in [1.807, 2.05) is 24.3 Å². The predicted molar refractivity (Wildman–Crippen MR) is 144 cm³/mol. The molecule has 3 N–H and O–H groups in total. The van der Waals surface area contributed by atoms with Crippen LogP contribution in [-0.4, -0.2) is 62.1 Å². The molecule has 1 saturated carbocycles. The first-order chi connectivity index (χ1) is 19.7. The zero-order valence-electron chi connectivity index (χ0n) is 22.2. The molecule has 1 amide bonds. The van der Waals surface area contributed by atoms with Crippen molar-refractivity contribution in [2.45, 2.75) is 38.4 Å². The molecule has 14 heteroatoms. The highest BCUT2D eigenvalue weighted by atomic mass is 19.4. The predicted octanol–water partition coefficient (Wildman–Crippen LogP) is 4.71. The van der Waals surface area contributed by atoms with Crippen LogP contribution < -0.4 is 15.5 Å². The van der Waals surface area contributed by atoms with Gasteiger partial charge in [-0.1, -0.05) is 12.1 Å². The third-order valence-corrected chi connectivity index (χ3v) is 6.99. The average molecular weight is 568 g/mol. The van der Waals surface area contributed by atoms with Crippen molar-refractivity contribution in [2.24, 2.45) is 0 Å². The fourth-order valence-corrected chi connectivity index (χ4v) is 4.73. The molecule has 6 rings (SSSR count). The lowest BCUT2D eigenvalue weighted by atomic mass is 10.1. The highest BCUT2D eigenvalue weighted by Gasteiger charge is 2.41. The number of nitrogens with zero attached hydrogens (tertiary/aromatic N) is 6. The third kappa shape index (κ3) is 6.32. The number of aromatic amines is 1. The number of amides is 1. The molecule has 1 aliphatic heterocycles. The second-order valence-corrected chi connectivity index (χ2v) is 10.2. The third-order valence-electron chi connectivity index (χ3n) is 6.99. The first kappa shape index (κ1) is 26.7. The van der Waals surface area contributed by atoms with Crippen molar-refractivity contribution in [3.8, 4) is 0 Å². The monoisotopic (exact) mass is 567 g/mol. The molecule has 11 nitrogen and oxygen atoms in total. The maximum Gasteiger partial charge on any atom is 0.452 e. The summed E-state index contributed by atoms with van der Waals surface area (Å²) in [6.07, 6.45) is -0.671. The number of oxazole rings is 1. The minimum atomic E-state index is -4.81. The SMILES string of the molecule is Cc1nc(C(=O)Nc2ccc(CN3CCN(c4nccc(Nc5cc(C6CC6)[nH]n5)n4)CC3)cc2)c(C(F)(F)F)o1. The van der Waals surface area contributed by atoms with E-state index < -0.39 is 23.5 Å². The quantitative estimate of drug-likeness (QED) is 0.277. The van der Waals surface area contributed by atoms with Gasteiger partial charge in [0.05, 0.1) is 0 Å². The van der Waals surface area contributed by atoms with Gasteiger partial charge in [0, 0.05) is 69.2 Å². The normalized spacial score (nSPS) is 16.1. The van der Waals surface area contributed by atoms with Crippen LogP contribution in [0, 0.1) is 6.92 Å². The summed E-state index contributed by atoms with van der Waals surface area (Å²) in [7, 11) is 0. The molecule has 1 saturated heterocycles. The van der Waals surface area contributed by atoms with E-state index in [4.69, 9.17) is 0 Å². The van der Waals surface area contributed by atoms with Gasteiger partial charge in [0.15, 0.2) is 17.4 Å². The number of aromatic nitrogens is 5. The molecule has 0 atom stereocenters. The number of carbonyl (C=O) groups is 1. The molecule has 0 radical (unpaired) electrons. The Bertz CT molecular complexity index is 1520. The van der Waals surface area contributed by atoms with Gasteiger partial charge in [-0.25, -0.2) is 9.97 Å². The largest absolute Gasteiger partial charge is 0.452 e. The summed E-state index contributed by atoms with van der Waals surface area (Å²) >= 11 is 0. The molecule has 4 heterocycles. The molecule has 0 spiro atoms. The van der Waals surface area contributed by atoms with Crippen LogP contribution in [0.5, 0.6) is 0 Å². The second kappa shape index (κ2) is 10.8.